The van der Waals surface area contributed by atoms with Crippen LogP contribution in [0, 0.1) is 0 Å². The molecule has 2 aliphatic heterocycles. The zero-order valence-electron chi connectivity index (χ0n) is 22.3. The second-order valence-corrected chi connectivity index (χ2v) is 9.78. The lowest BCUT2D eigenvalue weighted by Crippen LogP contribution is -2.49. The molecule has 0 bridgehead atoms. The van der Waals surface area contributed by atoms with Crippen LogP contribution in [-0.4, -0.2) is 74.3 Å². The fourth-order valence-corrected chi connectivity index (χ4v) is 5.19. The van der Waals surface area contributed by atoms with Gasteiger partial charge in [-0.05, 0) is 35.4 Å². The lowest BCUT2D eigenvalue weighted by Gasteiger charge is -2.25. The van der Waals surface area contributed by atoms with Crippen LogP contribution in [0.3, 0.4) is 0 Å². The van der Waals surface area contributed by atoms with E-state index < -0.39 is 35.9 Å². The standard InChI is InChI=1S/C27H26N4O9S/c1-36-18-6-4-14(11-20(18)37-2)10-17(23(32)30-26-28-16(13-41-26)25(34)38-3)31-24(33)22(29-27(31)35)15-5-7-19-21(12-15)40-9-8-39-19/h4-7,11-13,17,22H,8-10H2,1-3H3,(H,29,35)(H,28,30,32). The number of aromatic nitrogens is 1. The summed E-state index contributed by atoms with van der Waals surface area (Å²) in [4.78, 5) is 57.4. The Hall–Kier alpha value is -4.85. The van der Waals surface area contributed by atoms with Gasteiger partial charge in [0.15, 0.2) is 33.8 Å². The van der Waals surface area contributed by atoms with E-state index >= 15 is 0 Å². The van der Waals surface area contributed by atoms with E-state index in [9.17, 15) is 19.2 Å². The zero-order valence-corrected chi connectivity index (χ0v) is 23.1. The van der Waals surface area contributed by atoms with Gasteiger partial charge < -0.3 is 34.3 Å². The summed E-state index contributed by atoms with van der Waals surface area (Å²) in [6.45, 7) is 0.766. The van der Waals surface area contributed by atoms with Crippen molar-refractivity contribution in [1.29, 1.82) is 0 Å². The molecule has 2 N–H and O–H groups in total. The second-order valence-electron chi connectivity index (χ2n) is 8.92. The molecule has 1 aromatic heterocycles. The number of nitrogens with one attached hydrogen (secondary N) is 2. The summed E-state index contributed by atoms with van der Waals surface area (Å²) in [7, 11) is 4.19. The lowest BCUT2D eigenvalue weighted by atomic mass is 10.0. The first-order valence-corrected chi connectivity index (χ1v) is 13.3. The molecular weight excluding hydrogens is 556 g/mol. The number of carbonyl (C=O) groups excluding carboxylic acids is 4. The number of esters is 1. The van der Waals surface area contributed by atoms with E-state index in [4.69, 9.17) is 18.9 Å². The number of carbonyl (C=O) groups is 4. The van der Waals surface area contributed by atoms with Crippen molar-refractivity contribution >= 4 is 40.3 Å². The molecule has 1 fully saturated rings. The third-order valence-corrected chi connectivity index (χ3v) is 7.25. The number of urea groups is 1. The monoisotopic (exact) mass is 582 g/mol. The van der Waals surface area contributed by atoms with Gasteiger partial charge in [-0.15, -0.1) is 11.3 Å². The first kappa shape index (κ1) is 27.7. The third-order valence-electron chi connectivity index (χ3n) is 6.49. The van der Waals surface area contributed by atoms with Gasteiger partial charge in [0.2, 0.25) is 5.91 Å². The van der Waals surface area contributed by atoms with E-state index in [0.717, 1.165) is 16.2 Å². The van der Waals surface area contributed by atoms with Gasteiger partial charge in [-0.25, -0.2) is 19.5 Å². The van der Waals surface area contributed by atoms with Crippen LogP contribution < -0.4 is 29.6 Å². The van der Waals surface area contributed by atoms with Gasteiger partial charge in [0.05, 0.1) is 21.3 Å². The maximum absolute atomic E-state index is 13.7. The van der Waals surface area contributed by atoms with Crippen LogP contribution in [0.2, 0.25) is 0 Å². The Bertz CT molecular complexity index is 1510. The van der Waals surface area contributed by atoms with Crippen molar-refractivity contribution in [2.45, 2.75) is 18.5 Å². The van der Waals surface area contributed by atoms with Crippen LogP contribution >= 0.6 is 11.3 Å². The van der Waals surface area contributed by atoms with Gasteiger partial charge in [-0.2, -0.15) is 0 Å². The van der Waals surface area contributed by atoms with Crippen LogP contribution in [0.1, 0.15) is 27.7 Å². The van der Waals surface area contributed by atoms with Crippen LogP contribution in [-0.2, 0) is 20.7 Å². The fraction of sp³-hybridized carbons (Fsp3) is 0.296. The normalized spacial score (nSPS) is 16.6. The van der Waals surface area contributed by atoms with Gasteiger partial charge in [0.1, 0.15) is 25.3 Å². The maximum Gasteiger partial charge on any atom is 0.357 e. The third kappa shape index (κ3) is 5.59. The molecule has 0 saturated carbocycles. The molecule has 5 rings (SSSR count). The molecule has 13 nitrogen and oxygen atoms in total. The van der Waals surface area contributed by atoms with Crippen molar-refractivity contribution in [2.24, 2.45) is 0 Å². The highest BCUT2D eigenvalue weighted by atomic mass is 32.1. The summed E-state index contributed by atoms with van der Waals surface area (Å²) in [5, 5.41) is 6.82. The van der Waals surface area contributed by atoms with Crippen LogP contribution in [0.5, 0.6) is 23.0 Å². The summed E-state index contributed by atoms with van der Waals surface area (Å²) in [6, 6.07) is 6.91. The average molecular weight is 583 g/mol. The molecule has 2 atom stereocenters. The van der Waals surface area contributed by atoms with Gasteiger partial charge in [0, 0.05) is 11.8 Å². The first-order chi connectivity index (χ1) is 19.8. The minimum absolute atomic E-state index is 0.0119. The molecule has 3 heterocycles. The molecule has 4 amide bonds. The number of hydrogen-bond acceptors (Lipinski definition) is 11. The van der Waals surface area contributed by atoms with Gasteiger partial charge in [0.25, 0.3) is 5.91 Å². The van der Waals surface area contributed by atoms with Crippen molar-refractivity contribution in [2.75, 3.05) is 39.9 Å². The summed E-state index contributed by atoms with van der Waals surface area (Å²) in [5.41, 5.74) is 1.08. The van der Waals surface area contributed by atoms with Gasteiger partial charge in [-0.3, -0.25) is 9.59 Å². The van der Waals surface area contributed by atoms with E-state index in [-0.39, 0.29) is 17.2 Å². The molecule has 1 saturated heterocycles. The Morgan fingerprint density at radius 3 is 2.56 bits per heavy atom. The molecule has 0 radical (unpaired) electrons. The Morgan fingerprint density at radius 1 is 1.07 bits per heavy atom. The second kappa shape index (κ2) is 11.7. The fourth-order valence-electron chi connectivity index (χ4n) is 4.50. The Kier molecular flexibility index (Phi) is 7.92. The Labute approximate surface area is 238 Å². The van der Waals surface area contributed by atoms with Crippen molar-refractivity contribution < 1.29 is 42.9 Å². The Morgan fingerprint density at radius 2 is 1.83 bits per heavy atom. The van der Waals surface area contributed by atoms with Crippen LogP contribution in [0.15, 0.2) is 41.8 Å². The quantitative estimate of drug-likeness (QED) is 0.284. The van der Waals surface area contributed by atoms with Gasteiger partial charge in [-0.1, -0.05) is 12.1 Å². The SMILES string of the molecule is COC(=O)c1csc(NC(=O)C(Cc2ccc(OC)c(OC)c2)N2C(=O)NC(c3ccc4c(c3)OCCO4)C2=O)n1. The summed E-state index contributed by atoms with van der Waals surface area (Å²) in [6.07, 6.45) is -0.0472. The molecule has 2 unspecified atom stereocenters. The predicted molar refractivity (Wildman–Crippen MR) is 145 cm³/mol. The first-order valence-electron chi connectivity index (χ1n) is 12.4. The van der Waals surface area contributed by atoms with E-state index in [0.29, 0.717) is 47.3 Å². The smallest absolute Gasteiger partial charge is 0.357 e. The van der Waals surface area contributed by atoms with Crippen LogP contribution in [0.4, 0.5) is 9.93 Å². The number of ether oxygens (including phenoxy) is 5. The number of thiazole rings is 1. The molecule has 14 heteroatoms. The van der Waals surface area contributed by atoms with Gasteiger partial charge >= 0.3 is 12.0 Å². The summed E-state index contributed by atoms with van der Waals surface area (Å²) < 4.78 is 26.5. The van der Waals surface area contributed by atoms with Crippen molar-refractivity contribution in [1.82, 2.24) is 15.2 Å². The van der Waals surface area contributed by atoms with E-state index in [1.54, 1.807) is 36.4 Å². The highest BCUT2D eigenvalue weighted by molar-refractivity contribution is 7.14. The summed E-state index contributed by atoms with van der Waals surface area (Å²) in [5.74, 6) is -0.0890. The van der Waals surface area contributed by atoms with E-state index in [2.05, 4.69) is 20.4 Å². The average Bonchev–Trinajstić information content (AvgIpc) is 3.58. The molecular formula is C27H26N4O9S. The number of fused-ring (bicyclic) bond motifs is 1. The number of benzene rings is 2. The van der Waals surface area contributed by atoms with Crippen molar-refractivity contribution in [3.05, 3.63) is 58.6 Å². The van der Waals surface area contributed by atoms with Crippen LogP contribution in [0.25, 0.3) is 0 Å². The molecule has 3 aromatic rings. The number of hydrogen-bond donors (Lipinski definition) is 2. The highest BCUT2D eigenvalue weighted by Crippen LogP contribution is 2.35. The molecule has 0 aliphatic carbocycles. The highest BCUT2D eigenvalue weighted by Gasteiger charge is 2.45. The largest absolute Gasteiger partial charge is 0.493 e. The minimum atomic E-state index is -1.28. The van der Waals surface area contributed by atoms with E-state index in [1.165, 1.54) is 26.7 Å². The summed E-state index contributed by atoms with van der Waals surface area (Å²) >= 11 is 1.00. The minimum Gasteiger partial charge on any atom is -0.493 e. The predicted octanol–water partition coefficient (Wildman–Crippen LogP) is 2.56. The maximum atomic E-state index is 13.7. The number of amides is 4. The molecule has 2 aromatic carbocycles. The van der Waals surface area contributed by atoms with Crippen molar-refractivity contribution in [3.63, 3.8) is 0 Å². The van der Waals surface area contributed by atoms with Crippen molar-refractivity contribution in [3.8, 4) is 23.0 Å². The van der Waals surface area contributed by atoms with E-state index in [1.807, 2.05) is 0 Å². The zero-order chi connectivity index (χ0) is 29.1. The topological polar surface area (TPSA) is 155 Å². The number of anilines is 1. The molecule has 2 aliphatic rings. The molecule has 0 spiro atoms. The number of imide groups is 1. The molecule has 214 valence electrons. The number of methoxy groups -OCH3 is 3. The Balaban J connectivity index is 1.45. The molecule has 41 heavy (non-hydrogen) atoms. The number of rotatable bonds is 9. The number of nitrogens with zero attached hydrogens (tertiary/aromatic N) is 2. The lowest BCUT2D eigenvalue weighted by molar-refractivity contribution is -0.134.